The van der Waals surface area contributed by atoms with Crippen molar-refractivity contribution in [2.75, 3.05) is 18.5 Å². The van der Waals surface area contributed by atoms with E-state index in [2.05, 4.69) is 5.32 Å². The number of nitrogens with one attached hydrogen (secondary N) is 1. The van der Waals surface area contributed by atoms with Crippen LogP contribution in [0.25, 0.3) is 0 Å². The number of hydrogen-bond acceptors (Lipinski definition) is 4. The molecule has 6 heteroatoms. The van der Waals surface area contributed by atoms with E-state index in [1.54, 1.807) is 43.3 Å². The van der Waals surface area contributed by atoms with Crippen LogP contribution in [0, 0.1) is 0 Å². The van der Waals surface area contributed by atoms with E-state index in [4.69, 9.17) is 4.74 Å². The Bertz CT molecular complexity index is 846. The predicted octanol–water partition coefficient (Wildman–Crippen LogP) is 3.24. The maximum atomic E-state index is 12.5. The third-order valence-electron chi connectivity index (χ3n) is 4.39. The summed E-state index contributed by atoms with van der Waals surface area (Å²) in [7, 11) is 0. The summed E-state index contributed by atoms with van der Waals surface area (Å²) in [6.45, 7) is 3.35. The van der Waals surface area contributed by atoms with Gasteiger partial charge in [0.15, 0.2) is 0 Å². The Morgan fingerprint density at radius 1 is 1.11 bits per heavy atom. The van der Waals surface area contributed by atoms with Crippen LogP contribution in [0.15, 0.2) is 48.5 Å². The van der Waals surface area contributed by atoms with E-state index in [1.165, 1.54) is 0 Å². The number of nitrogens with zero attached hydrogens (tertiary/aromatic N) is 1. The molecule has 0 unspecified atom stereocenters. The molecule has 0 spiro atoms. The fraction of sp³-hybridized carbons (Fsp3) is 0.286. The zero-order valence-electron chi connectivity index (χ0n) is 15.2. The molecule has 0 atom stereocenters. The first-order valence-electron chi connectivity index (χ1n) is 9.02. The number of carbonyl (C=O) groups excluding carboxylic acids is 3. The number of ether oxygens (including phenoxy) is 1. The molecule has 1 N–H and O–H groups in total. The summed E-state index contributed by atoms with van der Waals surface area (Å²) in [6.07, 6.45) is 1.49. The van der Waals surface area contributed by atoms with Crippen LogP contribution in [0.3, 0.4) is 0 Å². The van der Waals surface area contributed by atoms with Crippen molar-refractivity contribution in [1.82, 2.24) is 4.90 Å². The number of carbonyl (C=O) groups is 3. The van der Waals surface area contributed by atoms with Gasteiger partial charge in [-0.1, -0.05) is 12.1 Å². The van der Waals surface area contributed by atoms with Gasteiger partial charge in [-0.25, -0.2) is 4.79 Å². The minimum absolute atomic E-state index is 0.159. The maximum absolute atomic E-state index is 12.5. The number of rotatable bonds is 6. The fourth-order valence-corrected chi connectivity index (χ4v) is 3.01. The Hall–Kier alpha value is -3.15. The largest absolute Gasteiger partial charge is 0.462 e. The molecule has 3 rings (SSSR count). The van der Waals surface area contributed by atoms with Crippen molar-refractivity contribution in [3.63, 3.8) is 0 Å². The van der Waals surface area contributed by atoms with Crippen LogP contribution in [0.4, 0.5) is 5.69 Å². The molecule has 2 amide bonds. The van der Waals surface area contributed by atoms with Gasteiger partial charge in [0.1, 0.15) is 0 Å². The lowest BCUT2D eigenvalue weighted by Crippen LogP contribution is -2.24. The molecule has 2 aromatic carbocycles. The highest BCUT2D eigenvalue weighted by molar-refractivity contribution is 6.04. The van der Waals surface area contributed by atoms with Crippen LogP contribution >= 0.6 is 0 Å². The van der Waals surface area contributed by atoms with Gasteiger partial charge in [0, 0.05) is 30.8 Å². The topological polar surface area (TPSA) is 75.7 Å². The molecule has 1 aliphatic heterocycles. The normalized spacial score (nSPS) is 13.5. The minimum atomic E-state index is -0.389. The fourth-order valence-electron chi connectivity index (χ4n) is 3.01. The van der Waals surface area contributed by atoms with E-state index in [0.29, 0.717) is 36.4 Å². The molecule has 1 fully saturated rings. The average Bonchev–Trinajstić information content (AvgIpc) is 3.07. The first kappa shape index (κ1) is 18.6. The molecule has 6 nitrogen and oxygen atoms in total. The minimum Gasteiger partial charge on any atom is -0.462 e. The van der Waals surface area contributed by atoms with Gasteiger partial charge in [-0.3, -0.25) is 9.59 Å². The van der Waals surface area contributed by atoms with E-state index in [9.17, 15) is 14.4 Å². The highest BCUT2D eigenvalue weighted by Gasteiger charge is 2.20. The first-order valence-corrected chi connectivity index (χ1v) is 9.02. The molecule has 1 aliphatic rings. The molecule has 0 radical (unpaired) electrons. The van der Waals surface area contributed by atoms with Gasteiger partial charge in [0.2, 0.25) is 5.91 Å². The number of hydrogen-bond donors (Lipinski definition) is 1. The predicted molar refractivity (Wildman–Crippen MR) is 101 cm³/mol. The smallest absolute Gasteiger partial charge is 0.338 e. The molecule has 0 saturated carbocycles. The molecule has 0 aromatic heterocycles. The summed E-state index contributed by atoms with van der Waals surface area (Å²) < 4.78 is 4.94. The number of anilines is 1. The molecule has 1 saturated heterocycles. The lowest BCUT2D eigenvalue weighted by Gasteiger charge is -2.16. The Morgan fingerprint density at radius 2 is 1.89 bits per heavy atom. The van der Waals surface area contributed by atoms with Crippen LogP contribution in [0.5, 0.6) is 0 Å². The molecule has 27 heavy (non-hydrogen) atoms. The monoisotopic (exact) mass is 366 g/mol. The van der Waals surface area contributed by atoms with Gasteiger partial charge in [0.25, 0.3) is 5.91 Å². The lowest BCUT2D eigenvalue weighted by atomic mass is 10.1. The second-order valence-electron chi connectivity index (χ2n) is 6.37. The number of amides is 2. The first-order chi connectivity index (χ1) is 13.1. The van der Waals surface area contributed by atoms with Gasteiger partial charge < -0.3 is 15.0 Å². The Labute approximate surface area is 158 Å². The van der Waals surface area contributed by atoms with Gasteiger partial charge in [-0.05, 0) is 55.3 Å². The van der Waals surface area contributed by atoms with Crippen molar-refractivity contribution in [2.45, 2.75) is 26.3 Å². The molecule has 2 aromatic rings. The van der Waals surface area contributed by atoms with Crippen LogP contribution in [0.1, 0.15) is 46.0 Å². The van der Waals surface area contributed by atoms with Crippen molar-refractivity contribution in [3.05, 3.63) is 65.2 Å². The summed E-state index contributed by atoms with van der Waals surface area (Å²) in [5, 5.41) is 2.81. The van der Waals surface area contributed by atoms with Crippen molar-refractivity contribution >= 4 is 23.5 Å². The SMILES string of the molecule is CCOC(=O)c1ccc(NC(=O)c2cccc(CN3CCCC3=O)c2)cc1. The molecule has 140 valence electrons. The standard InChI is InChI=1S/C21H22N2O4/c1-2-27-21(26)16-8-10-18(11-9-16)22-20(25)17-6-3-5-15(13-17)14-23-12-4-7-19(23)24/h3,5-6,8-11,13H,2,4,7,12,14H2,1H3,(H,22,25). The molecule has 0 bridgehead atoms. The summed E-state index contributed by atoms with van der Waals surface area (Å²) in [4.78, 5) is 37.8. The van der Waals surface area contributed by atoms with Crippen LogP contribution < -0.4 is 5.32 Å². The van der Waals surface area contributed by atoms with E-state index < -0.39 is 0 Å². The van der Waals surface area contributed by atoms with E-state index in [-0.39, 0.29) is 17.8 Å². The second kappa shape index (κ2) is 8.49. The summed E-state index contributed by atoms with van der Waals surface area (Å²) in [5.41, 5.74) is 2.48. The summed E-state index contributed by atoms with van der Waals surface area (Å²) >= 11 is 0. The summed E-state index contributed by atoms with van der Waals surface area (Å²) in [6, 6.07) is 13.8. The molecular weight excluding hydrogens is 344 g/mol. The molecule has 0 aliphatic carbocycles. The third-order valence-corrected chi connectivity index (χ3v) is 4.39. The number of benzene rings is 2. The van der Waals surface area contributed by atoms with Crippen molar-refractivity contribution in [1.29, 1.82) is 0 Å². The quantitative estimate of drug-likeness (QED) is 0.797. The van der Waals surface area contributed by atoms with Gasteiger partial charge >= 0.3 is 5.97 Å². The lowest BCUT2D eigenvalue weighted by molar-refractivity contribution is -0.128. The van der Waals surface area contributed by atoms with Crippen LogP contribution in [0.2, 0.25) is 0 Å². The third kappa shape index (κ3) is 4.73. The van der Waals surface area contributed by atoms with Gasteiger partial charge in [-0.15, -0.1) is 0 Å². The second-order valence-corrected chi connectivity index (χ2v) is 6.37. The Balaban J connectivity index is 1.64. The van der Waals surface area contributed by atoms with Gasteiger partial charge in [0.05, 0.1) is 12.2 Å². The van der Waals surface area contributed by atoms with Gasteiger partial charge in [-0.2, -0.15) is 0 Å². The Kier molecular flexibility index (Phi) is 5.86. The van der Waals surface area contributed by atoms with E-state index in [1.807, 2.05) is 17.0 Å². The molecular formula is C21H22N2O4. The van der Waals surface area contributed by atoms with Crippen molar-refractivity contribution in [3.8, 4) is 0 Å². The number of esters is 1. The zero-order valence-corrected chi connectivity index (χ0v) is 15.2. The number of likely N-dealkylation sites (tertiary alicyclic amines) is 1. The highest BCUT2D eigenvalue weighted by atomic mass is 16.5. The zero-order chi connectivity index (χ0) is 19.2. The van der Waals surface area contributed by atoms with E-state index >= 15 is 0 Å². The van der Waals surface area contributed by atoms with Crippen LogP contribution in [-0.2, 0) is 16.1 Å². The highest BCUT2D eigenvalue weighted by Crippen LogP contribution is 2.17. The van der Waals surface area contributed by atoms with Crippen molar-refractivity contribution < 1.29 is 19.1 Å². The molecule has 1 heterocycles. The maximum Gasteiger partial charge on any atom is 0.338 e. The Morgan fingerprint density at radius 3 is 2.56 bits per heavy atom. The van der Waals surface area contributed by atoms with E-state index in [0.717, 1.165) is 18.5 Å². The summed E-state index contributed by atoms with van der Waals surface area (Å²) in [5.74, 6) is -0.473. The average molecular weight is 366 g/mol. The van der Waals surface area contributed by atoms with Crippen molar-refractivity contribution in [2.24, 2.45) is 0 Å². The van der Waals surface area contributed by atoms with Crippen LogP contribution in [-0.4, -0.2) is 35.8 Å².